The van der Waals surface area contributed by atoms with E-state index >= 15 is 0 Å². The molecular weight excluding hydrogens is 304 g/mol. The number of carbonyl (C=O) groups is 1. The molecule has 124 valence electrons. The van der Waals surface area contributed by atoms with Gasteiger partial charge in [-0.1, -0.05) is 30.3 Å². The molecule has 2 bridgehead atoms. The van der Waals surface area contributed by atoms with Crippen LogP contribution in [-0.4, -0.2) is 42.8 Å². The number of nitrogens with zero attached hydrogens (tertiary/aromatic N) is 2. The highest BCUT2D eigenvalue weighted by Gasteiger charge is 2.56. The Kier molecular flexibility index (Phi) is 3.00. The summed E-state index contributed by atoms with van der Waals surface area (Å²) < 4.78 is 11.6. The molecule has 4 saturated heterocycles. The van der Waals surface area contributed by atoms with E-state index in [2.05, 4.69) is 4.90 Å². The molecular formula is C19H20N2O3. The zero-order valence-electron chi connectivity index (χ0n) is 13.5. The highest BCUT2D eigenvalue weighted by Crippen LogP contribution is 2.43. The van der Waals surface area contributed by atoms with Crippen LogP contribution in [0.1, 0.15) is 12.8 Å². The third kappa shape index (κ3) is 2.08. The van der Waals surface area contributed by atoms with Gasteiger partial charge in [-0.05, 0) is 31.5 Å². The Morgan fingerprint density at radius 3 is 2.54 bits per heavy atom. The first kappa shape index (κ1) is 14.1. The lowest BCUT2D eigenvalue weighted by molar-refractivity contribution is -0.0881. The van der Waals surface area contributed by atoms with Crippen LogP contribution >= 0.6 is 0 Å². The number of ether oxygens (including phenoxy) is 1. The second-order valence-electron chi connectivity index (χ2n) is 7.11. The molecule has 4 aliphatic heterocycles. The number of anilines is 1. The lowest BCUT2D eigenvalue weighted by atomic mass is 9.75. The van der Waals surface area contributed by atoms with Crippen LogP contribution in [0.5, 0.6) is 0 Å². The van der Waals surface area contributed by atoms with Gasteiger partial charge in [0, 0.05) is 24.1 Å². The Bertz CT molecular complexity index is 764. The van der Waals surface area contributed by atoms with E-state index in [1.807, 2.05) is 36.4 Å². The van der Waals surface area contributed by atoms with Crippen LogP contribution < -0.4 is 4.90 Å². The number of hydrogen-bond acceptors (Lipinski definition) is 4. The van der Waals surface area contributed by atoms with Gasteiger partial charge in [0.15, 0.2) is 0 Å². The largest absolute Gasteiger partial charge is 0.448 e. The molecule has 0 saturated carbocycles. The summed E-state index contributed by atoms with van der Waals surface area (Å²) in [5.41, 5.74) is 1.71. The molecule has 1 aromatic heterocycles. The molecule has 0 N–H and O–H groups in total. The second kappa shape index (κ2) is 5.11. The molecule has 24 heavy (non-hydrogen) atoms. The second-order valence-corrected chi connectivity index (χ2v) is 7.11. The van der Waals surface area contributed by atoms with E-state index in [4.69, 9.17) is 9.15 Å². The van der Waals surface area contributed by atoms with Crippen molar-refractivity contribution < 1.29 is 13.9 Å². The zero-order chi connectivity index (χ0) is 16.1. The summed E-state index contributed by atoms with van der Waals surface area (Å²) in [6, 6.07) is 12.0. The molecule has 4 aliphatic rings. The minimum Gasteiger partial charge on any atom is -0.448 e. The summed E-state index contributed by atoms with van der Waals surface area (Å²) in [5.74, 6) is 1.05. The first-order valence-electron chi connectivity index (χ1n) is 8.60. The highest BCUT2D eigenvalue weighted by atomic mass is 16.6. The van der Waals surface area contributed by atoms with Gasteiger partial charge in [-0.2, -0.15) is 0 Å². The normalized spacial score (nSPS) is 31.7. The molecule has 5 heteroatoms. The smallest absolute Gasteiger partial charge is 0.417 e. The third-order valence-corrected chi connectivity index (χ3v) is 5.72. The van der Waals surface area contributed by atoms with Crippen LogP contribution in [0.3, 0.4) is 0 Å². The van der Waals surface area contributed by atoms with Crippen LogP contribution in [0.4, 0.5) is 10.7 Å². The predicted molar refractivity (Wildman–Crippen MR) is 89.9 cm³/mol. The van der Waals surface area contributed by atoms with Gasteiger partial charge in [0.1, 0.15) is 11.9 Å². The average Bonchev–Trinajstić information content (AvgIpc) is 3.22. The number of furan rings is 1. The van der Waals surface area contributed by atoms with Crippen LogP contribution in [-0.2, 0) is 4.74 Å². The summed E-state index contributed by atoms with van der Waals surface area (Å²) in [4.78, 5) is 16.6. The van der Waals surface area contributed by atoms with Crippen molar-refractivity contribution in [3.05, 3.63) is 42.7 Å². The Morgan fingerprint density at radius 1 is 1.04 bits per heavy atom. The molecule has 4 fully saturated rings. The molecule has 5 heterocycles. The van der Waals surface area contributed by atoms with Crippen molar-refractivity contribution in [3.63, 3.8) is 0 Å². The van der Waals surface area contributed by atoms with Crippen LogP contribution in [0, 0.1) is 5.92 Å². The number of amides is 1. The molecule has 1 unspecified atom stereocenters. The standard InChI is InChI=1S/C19H20N2O3/c22-18-21(13-19(24-18)12-20-8-6-16(19)7-9-20)17-10-15(11-23-17)14-4-2-1-3-5-14/h1-5,10-11,16H,6-9,12-13H2. The monoisotopic (exact) mass is 324 g/mol. The lowest BCUT2D eigenvalue weighted by Crippen LogP contribution is -2.61. The fraction of sp³-hybridized carbons (Fsp3) is 0.421. The SMILES string of the molecule is O=C1OC2(CN3CCC2CC3)CN1c1cc(-c2ccccc2)co1. The van der Waals surface area contributed by atoms with E-state index < -0.39 is 0 Å². The van der Waals surface area contributed by atoms with E-state index in [1.54, 1.807) is 11.2 Å². The Labute approximate surface area is 140 Å². The zero-order valence-corrected chi connectivity index (χ0v) is 13.5. The third-order valence-electron chi connectivity index (χ3n) is 5.72. The van der Waals surface area contributed by atoms with Gasteiger partial charge in [-0.15, -0.1) is 0 Å². The van der Waals surface area contributed by atoms with Crippen LogP contribution in [0.15, 0.2) is 47.1 Å². The first-order chi connectivity index (χ1) is 11.7. The van der Waals surface area contributed by atoms with E-state index in [9.17, 15) is 4.79 Å². The summed E-state index contributed by atoms with van der Waals surface area (Å²) in [6.07, 6.45) is 3.67. The topological polar surface area (TPSA) is 45.9 Å². The number of hydrogen-bond donors (Lipinski definition) is 0. The number of carbonyl (C=O) groups excluding carboxylic acids is 1. The summed E-state index contributed by atoms with van der Waals surface area (Å²) in [7, 11) is 0. The van der Waals surface area contributed by atoms with Crippen molar-refractivity contribution in [3.8, 4) is 11.1 Å². The van der Waals surface area contributed by atoms with Gasteiger partial charge in [0.2, 0.25) is 5.88 Å². The maximum atomic E-state index is 12.5. The highest BCUT2D eigenvalue weighted by molar-refractivity contribution is 5.89. The molecule has 0 aliphatic carbocycles. The molecule has 1 atom stereocenters. The Balaban J connectivity index is 1.42. The molecule has 2 aromatic rings. The number of benzene rings is 1. The molecule has 6 rings (SSSR count). The van der Waals surface area contributed by atoms with Gasteiger partial charge in [0.25, 0.3) is 0 Å². The molecule has 1 spiro atoms. The first-order valence-corrected chi connectivity index (χ1v) is 8.60. The molecule has 1 aromatic carbocycles. The van der Waals surface area contributed by atoms with Crippen molar-refractivity contribution in [2.24, 2.45) is 5.92 Å². The Hall–Kier alpha value is -2.27. The predicted octanol–water partition coefficient (Wildman–Crippen LogP) is 3.37. The summed E-state index contributed by atoms with van der Waals surface area (Å²) >= 11 is 0. The van der Waals surface area contributed by atoms with Crippen molar-refractivity contribution in [2.75, 3.05) is 31.1 Å². The summed E-state index contributed by atoms with van der Waals surface area (Å²) in [5, 5.41) is 0. The number of fused-ring (bicyclic) bond motifs is 2. The van der Waals surface area contributed by atoms with E-state index in [-0.39, 0.29) is 11.7 Å². The van der Waals surface area contributed by atoms with Crippen molar-refractivity contribution in [1.82, 2.24) is 4.90 Å². The van der Waals surface area contributed by atoms with Crippen LogP contribution in [0.25, 0.3) is 11.1 Å². The van der Waals surface area contributed by atoms with Crippen LogP contribution in [0.2, 0.25) is 0 Å². The van der Waals surface area contributed by atoms with Crippen molar-refractivity contribution in [1.29, 1.82) is 0 Å². The van der Waals surface area contributed by atoms with E-state index in [1.165, 1.54) is 0 Å². The fourth-order valence-electron chi connectivity index (χ4n) is 4.43. The molecule has 5 nitrogen and oxygen atoms in total. The van der Waals surface area contributed by atoms with Gasteiger partial charge >= 0.3 is 6.09 Å². The molecule has 1 amide bonds. The maximum Gasteiger partial charge on any atom is 0.417 e. The minimum atomic E-state index is -0.354. The number of piperidine rings is 3. The van der Waals surface area contributed by atoms with Gasteiger partial charge in [0.05, 0.1) is 6.54 Å². The van der Waals surface area contributed by atoms with E-state index in [0.717, 1.165) is 43.6 Å². The summed E-state index contributed by atoms with van der Waals surface area (Å²) in [6.45, 7) is 3.70. The quantitative estimate of drug-likeness (QED) is 0.850. The van der Waals surface area contributed by atoms with Gasteiger partial charge < -0.3 is 9.15 Å². The fourth-order valence-corrected chi connectivity index (χ4v) is 4.43. The van der Waals surface area contributed by atoms with Gasteiger partial charge in [-0.25, -0.2) is 9.69 Å². The lowest BCUT2D eigenvalue weighted by Gasteiger charge is -2.49. The van der Waals surface area contributed by atoms with Crippen molar-refractivity contribution in [2.45, 2.75) is 18.4 Å². The van der Waals surface area contributed by atoms with E-state index in [0.29, 0.717) is 18.3 Å². The van der Waals surface area contributed by atoms with Gasteiger partial charge in [-0.3, -0.25) is 4.90 Å². The number of rotatable bonds is 2. The average molecular weight is 324 g/mol. The van der Waals surface area contributed by atoms with Crippen molar-refractivity contribution >= 4 is 12.0 Å². The molecule has 0 radical (unpaired) electrons. The maximum absolute atomic E-state index is 12.5. The Morgan fingerprint density at radius 2 is 1.83 bits per heavy atom. The minimum absolute atomic E-state index is 0.280.